The maximum absolute atomic E-state index is 12.4. The van der Waals surface area contributed by atoms with Crippen molar-refractivity contribution in [1.29, 1.82) is 0 Å². The standard InChI is InChI=1S/C23H31N3O2/c1-4-18(2)19-9-11-20(12-10-19)24-23(27)17-25-13-15-26(16-14-25)21-7-5-6-8-22(21)28-3/h5-12,18H,4,13-17H2,1-3H3,(H,24,27)/t18-/m0/s1. The minimum Gasteiger partial charge on any atom is -0.495 e. The summed E-state index contributed by atoms with van der Waals surface area (Å²) in [5.41, 5.74) is 3.30. The number of carbonyl (C=O) groups excluding carboxylic acids is 1. The number of anilines is 2. The molecular weight excluding hydrogens is 350 g/mol. The van der Waals surface area contributed by atoms with E-state index in [0.717, 1.165) is 49.7 Å². The van der Waals surface area contributed by atoms with Gasteiger partial charge in [0.2, 0.25) is 5.91 Å². The molecule has 0 saturated carbocycles. The second-order valence-corrected chi connectivity index (χ2v) is 7.41. The van der Waals surface area contributed by atoms with Crippen LogP contribution >= 0.6 is 0 Å². The largest absolute Gasteiger partial charge is 0.495 e. The highest BCUT2D eigenvalue weighted by Gasteiger charge is 2.21. The molecule has 5 nitrogen and oxygen atoms in total. The van der Waals surface area contributed by atoms with Gasteiger partial charge in [-0.05, 0) is 42.2 Å². The first-order valence-corrected chi connectivity index (χ1v) is 10.1. The second-order valence-electron chi connectivity index (χ2n) is 7.41. The Balaban J connectivity index is 1.48. The van der Waals surface area contributed by atoms with Crippen LogP contribution in [0.1, 0.15) is 31.7 Å². The number of piperazine rings is 1. The van der Waals surface area contributed by atoms with Crippen LogP contribution in [0.4, 0.5) is 11.4 Å². The van der Waals surface area contributed by atoms with Crippen molar-refractivity contribution < 1.29 is 9.53 Å². The number of ether oxygens (including phenoxy) is 1. The predicted molar refractivity (Wildman–Crippen MR) is 115 cm³/mol. The Morgan fingerprint density at radius 1 is 1.07 bits per heavy atom. The van der Waals surface area contributed by atoms with Crippen LogP contribution < -0.4 is 15.0 Å². The van der Waals surface area contributed by atoms with E-state index in [-0.39, 0.29) is 5.91 Å². The number of rotatable bonds is 7. The van der Waals surface area contributed by atoms with Gasteiger partial charge in [0.15, 0.2) is 0 Å². The molecule has 0 spiro atoms. The Morgan fingerprint density at radius 3 is 2.39 bits per heavy atom. The normalized spacial score (nSPS) is 15.9. The summed E-state index contributed by atoms with van der Waals surface area (Å²) in [5.74, 6) is 1.49. The molecule has 5 heteroatoms. The van der Waals surface area contributed by atoms with Gasteiger partial charge in [0.25, 0.3) is 0 Å². The van der Waals surface area contributed by atoms with Gasteiger partial charge in [-0.2, -0.15) is 0 Å². The molecule has 1 aliphatic rings. The number of carbonyl (C=O) groups is 1. The van der Waals surface area contributed by atoms with Crippen LogP contribution in [0.5, 0.6) is 5.75 Å². The summed E-state index contributed by atoms with van der Waals surface area (Å²) in [6.07, 6.45) is 1.12. The van der Waals surface area contributed by atoms with Gasteiger partial charge in [-0.3, -0.25) is 9.69 Å². The highest BCUT2D eigenvalue weighted by atomic mass is 16.5. The summed E-state index contributed by atoms with van der Waals surface area (Å²) < 4.78 is 5.47. The van der Waals surface area contributed by atoms with Crippen molar-refractivity contribution in [3.8, 4) is 5.75 Å². The lowest BCUT2D eigenvalue weighted by molar-refractivity contribution is -0.117. The molecule has 1 saturated heterocycles. The Labute approximate surface area is 168 Å². The molecular formula is C23H31N3O2. The summed E-state index contributed by atoms with van der Waals surface area (Å²) in [4.78, 5) is 16.9. The zero-order chi connectivity index (χ0) is 19.9. The zero-order valence-electron chi connectivity index (χ0n) is 17.1. The van der Waals surface area contributed by atoms with Crippen LogP contribution in [0.25, 0.3) is 0 Å². The number of hydrogen-bond donors (Lipinski definition) is 1. The molecule has 2 aromatic carbocycles. The molecule has 0 aliphatic carbocycles. The monoisotopic (exact) mass is 381 g/mol. The molecule has 2 aromatic rings. The summed E-state index contributed by atoms with van der Waals surface area (Å²) in [7, 11) is 1.70. The van der Waals surface area contributed by atoms with Gasteiger partial charge < -0.3 is 15.0 Å². The van der Waals surface area contributed by atoms with Crippen molar-refractivity contribution in [2.75, 3.05) is 50.1 Å². The van der Waals surface area contributed by atoms with Crippen LogP contribution in [0.2, 0.25) is 0 Å². The van der Waals surface area contributed by atoms with Crippen molar-refractivity contribution in [2.24, 2.45) is 0 Å². The van der Waals surface area contributed by atoms with Gasteiger partial charge >= 0.3 is 0 Å². The first-order valence-electron chi connectivity index (χ1n) is 10.1. The van der Waals surface area contributed by atoms with E-state index in [2.05, 4.69) is 47.2 Å². The first kappa shape index (κ1) is 20.2. The molecule has 1 amide bonds. The molecule has 0 radical (unpaired) electrons. The number of nitrogens with zero attached hydrogens (tertiary/aromatic N) is 2. The van der Waals surface area contributed by atoms with E-state index < -0.39 is 0 Å². The lowest BCUT2D eigenvalue weighted by atomic mass is 9.99. The predicted octanol–water partition coefficient (Wildman–Crippen LogP) is 3.97. The highest BCUT2D eigenvalue weighted by Crippen LogP contribution is 2.28. The molecule has 150 valence electrons. The highest BCUT2D eigenvalue weighted by molar-refractivity contribution is 5.92. The van der Waals surface area contributed by atoms with Gasteiger partial charge in [-0.1, -0.05) is 38.1 Å². The third-order valence-electron chi connectivity index (χ3n) is 5.54. The summed E-state index contributed by atoms with van der Waals surface area (Å²) in [6, 6.07) is 16.3. The number of benzene rings is 2. The Hall–Kier alpha value is -2.53. The molecule has 28 heavy (non-hydrogen) atoms. The first-order chi connectivity index (χ1) is 13.6. The van der Waals surface area contributed by atoms with Crippen molar-refractivity contribution in [3.05, 3.63) is 54.1 Å². The average Bonchev–Trinajstić information content (AvgIpc) is 2.74. The Bertz CT molecular complexity index is 768. The van der Waals surface area contributed by atoms with Crippen molar-refractivity contribution in [2.45, 2.75) is 26.2 Å². The summed E-state index contributed by atoms with van der Waals surface area (Å²) in [5, 5.41) is 3.02. The fourth-order valence-corrected chi connectivity index (χ4v) is 3.57. The van der Waals surface area contributed by atoms with E-state index in [1.807, 2.05) is 30.3 Å². The number of amides is 1. The molecule has 1 fully saturated rings. The van der Waals surface area contributed by atoms with E-state index in [0.29, 0.717) is 12.5 Å². The maximum Gasteiger partial charge on any atom is 0.238 e. The van der Waals surface area contributed by atoms with E-state index in [1.54, 1.807) is 7.11 Å². The van der Waals surface area contributed by atoms with Gasteiger partial charge in [0, 0.05) is 31.9 Å². The van der Waals surface area contributed by atoms with E-state index in [9.17, 15) is 4.79 Å². The van der Waals surface area contributed by atoms with Crippen LogP contribution in [0, 0.1) is 0 Å². The lowest BCUT2D eigenvalue weighted by Gasteiger charge is -2.36. The van der Waals surface area contributed by atoms with E-state index >= 15 is 0 Å². The second kappa shape index (κ2) is 9.60. The van der Waals surface area contributed by atoms with Crippen molar-refractivity contribution in [3.63, 3.8) is 0 Å². The van der Waals surface area contributed by atoms with Crippen LogP contribution in [0.3, 0.4) is 0 Å². The molecule has 0 unspecified atom stereocenters. The van der Waals surface area contributed by atoms with Gasteiger partial charge in [0.05, 0.1) is 19.3 Å². The summed E-state index contributed by atoms with van der Waals surface area (Å²) in [6.45, 7) is 8.32. The van der Waals surface area contributed by atoms with Gasteiger partial charge in [-0.15, -0.1) is 0 Å². The molecule has 1 atom stereocenters. The lowest BCUT2D eigenvalue weighted by Crippen LogP contribution is -2.48. The molecule has 1 heterocycles. The number of nitrogens with one attached hydrogen (secondary N) is 1. The third kappa shape index (κ3) is 5.04. The number of para-hydroxylation sites is 2. The van der Waals surface area contributed by atoms with Gasteiger partial charge in [0.1, 0.15) is 5.75 Å². The quantitative estimate of drug-likeness (QED) is 0.788. The minimum absolute atomic E-state index is 0.0435. The number of hydrogen-bond acceptors (Lipinski definition) is 4. The van der Waals surface area contributed by atoms with E-state index in [4.69, 9.17) is 4.74 Å². The third-order valence-corrected chi connectivity index (χ3v) is 5.54. The molecule has 3 rings (SSSR count). The maximum atomic E-state index is 12.4. The van der Waals surface area contributed by atoms with E-state index in [1.165, 1.54) is 5.56 Å². The van der Waals surface area contributed by atoms with Crippen molar-refractivity contribution in [1.82, 2.24) is 4.90 Å². The van der Waals surface area contributed by atoms with Crippen LogP contribution in [-0.2, 0) is 4.79 Å². The fraction of sp³-hybridized carbons (Fsp3) is 0.435. The Morgan fingerprint density at radius 2 is 1.75 bits per heavy atom. The average molecular weight is 382 g/mol. The van der Waals surface area contributed by atoms with Crippen LogP contribution in [-0.4, -0.2) is 50.6 Å². The topological polar surface area (TPSA) is 44.8 Å². The fourth-order valence-electron chi connectivity index (χ4n) is 3.57. The smallest absolute Gasteiger partial charge is 0.238 e. The minimum atomic E-state index is 0.0435. The Kier molecular flexibility index (Phi) is 6.93. The molecule has 1 N–H and O–H groups in total. The zero-order valence-corrected chi connectivity index (χ0v) is 17.1. The van der Waals surface area contributed by atoms with Gasteiger partial charge in [-0.25, -0.2) is 0 Å². The molecule has 0 bridgehead atoms. The summed E-state index contributed by atoms with van der Waals surface area (Å²) >= 11 is 0. The van der Waals surface area contributed by atoms with Crippen molar-refractivity contribution >= 4 is 17.3 Å². The SMILES string of the molecule is CC[C@H](C)c1ccc(NC(=O)CN2CCN(c3ccccc3OC)CC2)cc1. The van der Waals surface area contributed by atoms with Crippen LogP contribution in [0.15, 0.2) is 48.5 Å². The number of methoxy groups -OCH3 is 1. The molecule has 0 aromatic heterocycles. The molecule has 1 aliphatic heterocycles.